The average molecular weight is 447 g/mol. The summed E-state index contributed by atoms with van der Waals surface area (Å²) in [5.74, 6) is 0.0223. The molecular formula is C12H5Br2ClF3NO2. The van der Waals surface area contributed by atoms with E-state index in [1.165, 1.54) is 18.3 Å². The van der Waals surface area contributed by atoms with Gasteiger partial charge in [0.05, 0.1) is 4.47 Å². The van der Waals surface area contributed by atoms with Crippen molar-refractivity contribution in [3.63, 3.8) is 0 Å². The van der Waals surface area contributed by atoms with Gasteiger partial charge in [0.25, 0.3) is 0 Å². The van der Waals surface area contributed by atoms with Crippen LogP contribution in [0.25, 0.3) is 0 Å². The molecule has 1 aromatic carbocycles. The SMILES string of the molecule is FC(F)(F)Oc1ccc(Oc2ncc(Br)cc2Cl)cc1Br. The lowest BCUT2D eigenvalue weighted by Gasteiger charge is -2.12. The van der Waals surface area contributed by atoms with Crippen LogP contribution in [0.1, 0.15) is 0 Å². The van der Waals surface area contributed by atoms with Gasteiger partial charge in [-0.1, -0.05) is 11.6 Å². The molecule has 0 aliphatic rings. The zero-order valence-electron chi connectivity index (χ0n) is 9.92. The molecule has 0 aliphatic carbocycles. The molecule has 112 valence electrons. The highest BCUT2D eigenvalue weighted by atomic mass is 79.9. The van der Waals surface area contributed by atoms with Crippen molar-refractivity contribution in [1.82, 2.24) is 4.98 Å². The molecule has 0 spiro atoms. The van der Waals surface area contributed by atoms with E-state index >= 15 is 0 Å². The third-order valence-electron chi connectivity index (χ3n) is 2.12. The van der Waals surface area contributed by atoms with Crippen molar-refractivity contribution in [2.24, 2.45) is 0 Å². The van der Waals surface area contributed by atoms with E-state index in [-0.39, 0.29) is 26.9 Å². The Bertz CT molecular complexity index is 667. The fraction of sp³-hybridized carbons (Fsp3) is 0.0833. The second-order valence-corrected chi connectivity index (χ2v) is 5.86. The lowest BCUT2D eigenvalue weighted by Crippen LogP contribution is -2.17. The highest BCUT2D eigenvalue weighted by Crippen LogP contribution is 2.35. The highest BCUT2D eigenvalue weighted by molar-refractivity contribution is 9.10. The minimum absolute atomic E-state index is 0.0885. The molecule has 0 saturated heterocycles. The lowest BCUT2D eigenvalue weighted by atomic mass is 10.3. The molecule has 0 N–H and O–H groups in total. The van der Waals surface area contributed by atoms with Crippen LogP contribution >= 0.6 is 43.5 Å². The van der Waals surface area contributed by atoms with E-state index in [9.17, 15) is 13.2 Å². The van der Waals surface area contributed by atoms with E-state index in [1.807, 2.05) is 0 Å². The van der Waals surface area contributed by atoms with Crippen LogP contribution in [0.2, 0.25) is 5.02 Å². The Morgan fingerprint density at radius 2 is 1.86 bits per heavy atom. The maximum Gasteiger partial charge on any atom is 0.573 e. The predicted molar refractivity (Wildman–Crippen MR) is 77.8 cm³/mol. The van der Waals surface area contributed by atoms with Crippen molar-refractivity contribution in [2.45, 2.75) is 6.36 Å². The third kappa shape index (κ3) is 4.76. The summed E-state index contributed by atoms with van der Waals surface area (Å²) >= 11 is 12.1. The first-order valence-corrected chi connectivity index (χ1v) is 7.25. The normalized spacial score (nSPS) is 11.3. The largest absolute Gasteiger partial charge is 0.573 e. The van der Waals surface area contributed by atoms with Gasteiger partial charge in [-0.25, -0.2) is 4.98 Å². The quantitative estimate of drug-likeness (QED) is 0.583. The maximum atomic E-state index is 12.2. The molecule has 2 rings (SSSR count). The highest BCUT2D eigenvalue weighted by Gasteiger charge is 2.32. The summed E-state index contributed by atoms with van der Waals surface area (Å²) in [6.07, 6.45) is -3.28. The number of aromatic nitrogens is 1. The van der Waals surface area contributed by atoms with Gasteiger partial charge in [0.15, 0.2) is 0 Å². The number of hydrogen-bond donors (Lipinski definition) is 0. The van der Waals surface area contributed by atoms with E-state index in [1.54, 1.807) is 6.07 Å². The van der Waals surface area contributed by atoms with Crippen molar-refractivity contribution in [1.29, 1.82) is 0 Å². The molecule has 1 heterocycles. The van der Waals surface area contributed by atoms with Gasteiger partial charge in [-0.15, -0.1) is 13.2 Å². The Morgan fingerprint density at radius 1 is 1.14 bits per heavy atom. The topological polar surface area (TPSA) is 31.4 Å². The molecular weight excluding hydrogens is 442 g/mol. The number of hydrogen-bond acceptors (Lipinski definition) is 3. The molecule has 0 fully saturated rings. The number of rotatable bonds is 3. The zero-order chi connectivity index (χ0) is 15.6. The van der Waals surface area contributed by atoms with E-state index in [2.05, 4.69) is 41.6 Å². The Kier molecular flexibility index (Phi) is 5.00. The van der Waals surface area contributed by atoms with Crippen LogP contribution in [-0.2, 0) is 0 Å². The molecule has 0 amide bonds. The van der Waals surface area contributed by atoms with Gasteiger partial charge in [-0.3, -0.25) is 0 Å². The molecule has 0 unspecified atom stereocenters. The van der Waals surface area contributed by atoms with Crippen LogP contribution < -0.4 is 9.47 Å². The smallest absolute Gasteiger partial charge is 0.437 e. The molecule has 2 aromatic rings. The summed E-state index contributed by atoms with van der Waals surface area (Å²) in [6, 6.07) is 5.34. The van der Waals surface area contributed by atoms with Gasteiger partial charge in [0, 0.05) is 10.7 Å². The second kappa shape index (κ2) is 6.41. The standard InChI is InChI=1S/C12H5Br2ClF3NO2/c13-6-3-9(15)11(19-5-6)20-7-1-2-10(8(14)4-7)21-12(16,17)18/h1-5H. The predicted octanol–water partition coefficient (Wildman–Crippen LogP) is 5.95. The second-order valence-electron chi connectivity index (χ2n) is 3.68. The lowest BCUT2D eigenvalue weighted by molar-refractivity contribution is -0.274. The van der Waals surface area contributed by atoms with Crippen LogP contribution in [0, 0.1) is 0 Å². The van der Waals surface area contributed by atoms with Crippen molar-refractivity contribution in [3.8, 4) is 17.4 Å². The number of pyridine rings is 1. The minimum atomic E-state index is -4.76. The summed E-state index contributed by atoms with van der Waals surface area (Å²) in [6.45, 7) is 0. The molecule has 0 bridgehead atoms. The van der Waals surface area contributed by atoms with Crippen molar-refractivity contribution in [2.75, 3.05) is 0 Å². The van der Waals surface area contributed by atoms with E-state index in [4.69, 9.17) is 16.3 Å². The van der Waals surface area contributed by atoms with Crippen molar-refractivity contribution >= 4 is 43.5 Å². The molecule has 21 heavy (non-hydrogen) atoms. The first kappa shape index (κ1) is 16.4. The van der Waals surface area contributed by atoms with E-state index in [0.717, 1.165) is 6.07 Å². The average Bonchev–Trinajstić information content (AvgIpc) is 2.35. The third-order valence-corrected chi connectivity index (χ3v) is 3.44. The monoisotopic (exact) mass is 445 g/mol. The first-order valence-electron chi connectivity index (χ1n) is 5.29. The fourth-order valence-electron chi connectivity index (χ4n) is 1.34. The summed E-state index contributed by atoms with van der Waals surface area (Å²) in [5.41, 5.74) is 0. The van der Waals surface area contributed by atoms with Crippen LogP contribution in [0.3, 0.4) is 0 Å². The fourth-order valence-corrected chi connectivity index (χ4v) is 2.45. The number of alkyl halides is 3. The Hall–Kier alpha value is -0.990. The Labute approximate surface area is 139 Å². The molecule has 0 atom stereocenters. The molecule has 9 heteroatoms. The first-order chi connectivity index (χ1) is 9.74. The van der Waals surface area contributed by atoms with Gasteiger partial charge in [0.1, 0.15) is 16.5 Å². The van der Waals surface area contributed by atoms with E-state index < -0.39 is 6.36 Å². The number of nitrogens with zero attached hydrogens (tertiary/aromatic N) is 1. The molecule has 3 nitrogen and oxygen atoms in total. The number of ether oxygens (including phenoxy) is 2. The molecule has 0 aliphatic heterocycles. The van der Waals surface area contributed by atoms with Crippen molar-refractivity contribution < 1.29 is 22.6 Å². The maximum absolute atomic E-state index is 12.2. The summed E-state index contributed by atoms with van der Waals surface area (Å²) in [4.78, 5) is 3.96. The molecule has 0 radical (unpaired) electrons. The Morgan fingerprint density at radius 3 is 2.43 bits per heavy atom. The zero-order valence-corrected chi connectivity index (χ0v) is 13.8. The van der Waals surface area contributed by atoms with Gasteiger partial charge in [-0.05, 0) is 56.1 Å². The van der Waals surface area contributed by atoms with Crippen LogP contribution in [-0.4, -0.2) is 11.3 Å². The summed E-state index contributed by atoms with van der Waals surface area (Å²) in [5, 5.41) is 0.260. The molecule has 0 saturated carbocycles. The summed E-state index contributed by atoms with van der Waals surface area (Å²) in [7, 11) is 0. The van der Waals surface area contributed by atoms with Crippen LogP contribution in [0.5, 0.6) is 17.4 Å². The Balaban J connectivity index is 2.20. The van der Waals surface area contributed by atoms with Gasteiger partial charge >= 0.3 is 6.36 Å². The van der Waals surface area contributed by atoms with Gasteiger partial charge < -0.3 is 9.47 Å². The van der Waals surface area contributed by atoms with Gasteiger partial charge in [0.2, 0.25) is 5.88 Å². The van der Waals surface area contributed by atoms with Crippen LogP contribution in [0.4, 0.5) is 13.2 Å². The summed E-state index contributed by atoms with van der Waals surface area (Å²) < 4.78 is 46.5. The van der Waals surface area contributed by atoms with Gasteiger partial charge in [-0.2, -0.15) is 0 Å². The number of benzene rings is 1. The molecule has 1 aromatic heterocycles. The minimum Gasteiger partial charge on any atom is -0.437 e. The number of halogens is 6. The van der Waals surface area contributed by atoms with Crippen LogP contribution in [0.15, 0.2) is 39.4 Å². The van der Waals surface area contributed by atoms with E-state index in [0.29, 0.717) is 4.47 Å². The van der Waals surface area contributed by atoms with Crippen molar-refractivity contribution in [3.05, 3.63) is 44.4 Å².